The Labute approximate surface area is 132 Å². The smallest absolute Gasteiger partial charge is 0.233 e. The van der Waals surface area contributed by atoms with Crippen molar-refractivity contribution >= 4 is 17.3 Å². The topological polar surface area (TPSA) is 55.7 Å². The monoisotopic (exact) mass is 311 g/mol. The Morgan fingerprint density at radius 2 is 1.65 bits per heavy atom. The van der Waals surface area contributed by atoms with Crippen molar-refractivity contribution in [3.8, 4) is 0 Å². The second-order valence-electron chi connectivity index (χ2n) is 5.26. The molecule has 116 valence electrons. The number of ketones is 2. The van der Waals surface area contributed by atoms with Crippen LogP contribution in [0, 0.1) is 5.82 Å². The van der Waals surface area contributed by atoms with E-state index in [1.54, 1.807) is 18.2 Å². The highest BCUT2D eigenvalue weighted by molar-refractivity contribution is 6.49. The molecule has 5 heteroatoms. The van der Waals surface area contributed by atoms with E-state index in [1.807, 2.05) is 0 Å². The van der Waals surface area contributed by atoms with Gasteiger partial charge < -0.3 is 4.84 Å². The van der Waals surface area contributed by atoms with Gasteiger partial charge in [0.25, 0.3) is 0 Å². The summed E-state index contributed by atoms with van der Waals surface area (Å²) < 4.78 is 12.9. The van der Waals surface area contributed by atoms with Crippen molar-refractivity contribution < 1.29 is 18.8 Å². The number of aryl methyl sites for hydroxylation is 1. The van der Waals surface area contributed by atoms with Crippen molar-refractivity contribution in [1.82, 2.24) is 0 Å². The number of benzene rings is 2. The summed E-state index contributed by atoms with van der Waals surface area (Å²) in [4.78, 5) is 29.3. The van der Waals surface area contributed by atoms with Crippen LogP contribution in [0.2, 0.25) is 0 Å². The van der Waals surface area contributed by atoms with Crippen molar-refractivity contribution in [1.29, 1.82) is 0 Å². The zero-order chi connectivity index (χ0) is 16.4. The summed E-state index contributed by atoms with van der Waals surface area (Å²) in [5.74, 6) is -1.69. The molecule has 0 N–H and O–H groups in total. The number of nitrogens with zero attached hydrogens (tertiary/aromatic N) is 1. The van der Waals surface area contributed by atoms with E-state index >= 15 is 0 Å². The number of hydrogen-bond donors (Lipinski definition) is 0. The minimum atomic E-state index is -0.645. The third-order valence-corrected chi connectivity index (χ3v) is 3.82. The molecular formula is C18H14FNO3. The maximum atomic E-state index is 12.9. The molecule has 0 spiro atoms. The van der Waals surface area contributed by atoms with Gasteiger partial charge in [0.1, 0.15) is 12.9 Å². The Morgan fingerprint density at radius 3 is 2.35 bits per heavy atom. The zero-order valence-corrected chi connectivity index (χ0v) is 12.5. The molecule has 2 aromatic carbocycles. The summed E-state index contributed by atoms with van der Waals surface area (Å²) in [5, 5.41) is 3.96. The van der Waals surface area contributed by atoms with Crippen LogP contribution in [0.15, 0.2) is 47.6 Å². The fourth-order valence-electron chi connectivity index (χ4n) is 2.68. The fraction of sp³-hybridized carbons (Fsp3) is 0.167. The van der Waals surface area contributed by atoms with Crippen LogP contribution in [-0.4, -0.2) is 24.4 Å². The number of fused-ring (bicyclic) bond motifs is 1. The van der Waals surface area contributed by atoms with E-state index in [-0.39, 0.29) is 5.56 Å². The highest BCUT2D eigenvalue weighted by atomic mass is 19.1. The van der Waals surface area contributed by atoms with Gasteiger partial charge in [-0.15, -0.1) is 0 Å². The van der Waals surface area contributed by atoms with Gasteiger partial charge in [0.15, 0.2) is 0 Å². The van der Waals surface area contributed by atoms with E-state index in [0.29, 0.717) is 5.56 Å². The number of carbonyl (C=O) groups excluding carboxylic acids is 2. The second kappa shape index (κ2) is 6.12. The maximum absolute atomic E-state index is 12.9. The quantitative estimate of drug-likeness (QED) is 0.495. The standard InChI is InChI=1S/C18H14FNO3/c1-23-20-16-9-5-12-10-13(4-8-15(12)16)18(22)17(21)11-2-6-14(19)7-3-11/h2-4,6-8,10H,5,9H2,1H3. The number of hydrogen-bond acceptors (Lipinski definition) is 4. The predicted octanol–water partition coefficient (Wildman–Crippen LogP) is 3.19. The largest absolute Gasteiger partial charge is 0.399 e. The number of oxime groups is 1. The maximum Gasteiger partial charge on any atom is 0.233 e. The molecular weight excluding hydrogens is 297 g/mol. The molecule has 4 nitrogen and oxygen atoms in total. The molecule has 0 fully saturated rings. The Hall–Kier alpha value is -2.82. The van der Waals surface area contributed by atoms with Crippen molar-refractivity contribution in [3.63, 3.8) is 0 Å². The summed E-state index contributed by atoms with van der Waals surface area (Å²) in [6.45, 7) is 0. The van der Waals surface area contributed by atoms with Crippen molar-refractivity contribution in [2.24, 2.45) is 5.16 Å². The molecule has 0 aliphatic heterocycles. The number of halogens is 1. The van der Waals surface area contributed by atoms with E-state index in [4.69, 9.17) is 4.84 Å². The van der Waals surface area contributed by atoms with Gasteiger partial charge in [-0.05, 0) is 48.7 Å². The van der Waals surface area contributed by atoms with Crippen LogP contribution >= 0.6 is 0 Å². The average molecular weight is 311 g/mol. The van der Waals surface area contributed by atoms with Gasteiger partial charge >= 0.3 is 0 Å². The predicted molar refractivity (Wildman–Crippen MR) is 83.4 cm³/mol. The summed E-state index contributed by atoms with van der Waals surface area (Å²) in [5.41, 5.74) is 3.26. The van der Waals surface area contributed by atoms with Gasteiger partial charge in [-0.1, -0.05) is 17.3 Å². The van der Waals surface area contributed by atoms with Gasteiger partial charge in [-0.25, -0.2) is 4.39 Å². The van der Waals surface area contributed by atoms with Crippen LogP contribution in [-0.2, 0) is 11.3 Å². The highest BCUT2D eigenvalue weighted by Gasteiger charge is 2.23. The molecule has 0 amide bonds. The molecule has 0 radical (unpaired) electrons. The van der Waals surface area contributed by atoms with Crippen LogP contribution < -0.4 is 0 Å². The minimum Gasteiger partial charge on any atom is -0.399 e. The lowest BCUT2D eigenvalue weighted by Crippen LogP contribution is -2.15. The Bertz CT molecular complexity index is 810. The molecule has 3 rings (SSSR count). The van der Waals surface area contributed by atoms with Crippen LogP contribution in [0.5, 0.6) is 0 Å². The van der Waals surface area contributed by atoms with Crippen LogP contribution in [0.25, 0.3) is 0 Å². The van der Waals surface area contributed by atoms with Gasteiger partial charge in [0, 0.05) is 16.7 Å². The number of carbonyl (C=O) groups is 2. The lowest BCUT2D eigenvalue weighted by molar-refractivity contribution is 0.0817. The summed E-state index contributed by atoms with van der Waals surface area (Å²) in [6, 6.07) is 10.1. The average Bonchev–Trinajstić information content (AvgIpc) is 2.97. The first-order valence-corrected chi connectivity index (χ1v) is 7.18. The SMILES string of the molecule is CON=C1CCc2cc(C(=O)C(=O)c3ccc(F)cc3)ccc21. The first kappa shape index (κ1) is 15.1. The lowest BCUT2D eigenvalue weighted by atomic mass is 9.98. The van der Waals surface area contributed by atoms with Crippen LogP contribution in [0.3, 0.4) is 0 Å². The third-order valence-electron chi connectivity index (χ3n) is 3.82. The number of Topliss-reactive ketones (excluding diaryl/α,β-unsaturated/α-hetero) is 2. The Balaban J connectivity index is 1.88. The van der Waals surface area contributed by atoms with E-state index < -0.39 is 17.4 Å². The first-order chi connectivity index (χ1) is 11.1. The highest BCUT2D eigenvalue weighted by Crippen LogP contribution is 2.24. The Morgan fingerprint density at radius 1 is 1.00 bits per heavy atom. The fourth-order valence-corrected chi connectivity index (χ4v) is 2.68. The summed E-state index contributed by atoms with van der Waals surface area (Å²) in [7, 11) is 1.49. The molecule has 1 aliphatic carbocycles. The second-order valence-corrected chi connectivity index (χ2v) is 5.26. The third kappa shape index (κ3) is 2.90. The van der Waals surface area contributed by atoms with E-state index in [2.05, 4.69) is 5.16 Å². The van der Waals surface area contributed by atoms with E-state index in [9.17, 15) is 14.0 Å². The van der Waals surface area contributed by atoms with E-state index in [0.717, 1.165) is 41.8 Å². The van der Waals surface area contributed by atoms with Crippen molar-refractivity contribution in [3.05, 3.63) is 70.5 Å². The molecule has 1 aliphatic rings. The molecule has 0 atom stereocenters. The first-order valence-electron chi connectivity index (χ1n) is 7.18. The molecule has 0 saturated carbocycles. The lowest BCUT2D eigenvalue weighted by Gasteiger charge is -2.04. The summed E-state index contributed by atoms with van der Waals surface area (Å²) >= 11 is 0. The summed E-state index contributed by atoms with van der Waals surface area (Å²) in [6.07, 6.45) is 1.50. The molecule has 0 bridgehead atoms. The van der Waals surface area contributed by atoms with Crippen LogP contribution in [0.4, 0.5) is 4.39 Å². The molecule has 23 heavy (non-hydrogen) atoms. The Kier molecular flexibility index (Phi) is 4.02. The zero-order valence-electron chi connectivity index (χ0n) is 12.5. The minimum absolute atomic E-state index is 0.179. The van der Waals surface area contributed by atoms with Crippen molar-refractivity contribution in [2.75, 3.05) is 7.11 Å². The molecule has 0 saturated heterocycles. The van der Waals surface area contributed by atoms with Gasteiger partial charge in [-0.2, -0.15) is 0 Å². The molecule has 2 aromatic rings. The van der Waals surface area contributed by atoms with Gasteiger partial charge in [0.2, 0.25) is 11.6 Å². The molecule has 0 aromatic heterocycles. The van der Waals surface area contributed by atoms with Crippen molar-refractivity contribution in [2.45, 2.75) is 12.8 Å². The molecule has 0 unspecified atom stereocenters. The normalized spacial score (nSPS) is 14.6. The van der Waals surface area contributed by atoms with E-state index in [1.165, 1.54) is 19.2 Å². The number of rotatable bonds is 4. The van der Waals surface area contributed by atoms with Gasteiger partial charge in [-0.3, -0.25) is 9.59 Å². The molecule has 0 heterocycles. The van der Waals surface area contributed by atoms with Gasteiger partial charge in [0.05, 0.1) is 5.71 Å². The van der Waals surface area contributed by atoms with Crippen LogP contribution in [0.1, 0.15) is 38.3 Å².